The molecule has 2 aliphatic rings. The number of aliphatic carboxylic acids is 1. The Kier molecular flexibility index (Phi) is 5.40. The summed E-state index contributed by atoms with van der Waals surface area (Å²) in [5.41, 5.74) is 0.419. The van der Waals surface area contributed by atoms with Crippen LogP contribution in [-0.2, 0) is 15.0 Å². The molecule has 1 heterocycles. The van der Waals surface area contributed by atoms with Crippen LogP contribution in [0.25, 0.3) is 0 Å². The monoisotopic (exact) mass is 357 g/mol. The Morgan fingerprint density at radius 3 is 2.15 bits per heavy atom. The smallest absolute Gasteiger partial charge is 0.314 e. The molecule has 1 saturated carbocycles. The zero-order chi connectivity index (χ0) is 18.8. The molecule has 4 heteroatoms. The third-order valence-electron chi connectivity index (χ3n) is 6.63. The van der Waals surface area contributed by atoms with E-state index in [0.717, 1.165) is 18.4 Å². The highest BCUT2D eigenvalue weighted by Gasteiger charge is 2.44. The largest absolute Gasteiger partial charge is 0.481 e. The third-order valence-corrected chi connectivity index (χ3v) is 6.63. The summed E-state index contributed by atoms with van der Waals surface area (Å²) in [4.78, 5) is 26.6. The second-order valence-corrected chi connectivity index (χ2v) is 8.95. The standard InChI is InChI=1S/C22H31NO3/c1-21(2)10-8-17(9-11-21)16-19(24)23-14-12-22(13-15-23,20(25)26)18-6-4-3-5-7-18/h3-7,17H,8-16H2,1-2H3,(H,25,26). The summed E-state index contributed by atoms with van der Waals surface area (Å²) in [6.07, 6.45) is 6.28. The molecule has 4 nitrogen and oxygen atoms in total. The Bertz CT molecular complexity index is 635. The summed E-state index contributed by atoms with van der Waals surface area (Å²) in [5.74, 6) is -0.0668. The molecule has 0 unspecified atom stereocenters. The van der Waals surface area contributed by atoms with Crippen molar-refractivity contribution in [2.45, 2.75) is 64.2 Å². The second-order valence-electron chi connectivity index (χ2n) is 8.95. The molecule has 1 saturated heterocycles. The number of nitrogens with zero attached hydrogens (tertiary/aromatic N) is 1. The van der Waals surface area contributed by atoms with Crippen LogP contribution in [0.2, 0.25) is 0 Å². The van der Waals surface area contributed by atoms with E-state index in [0.29, 0.717) is 43.7 Å². The van der Waals surface area contributed by atoms with Crippen molar-refractivity contribution >= 4 is 11.9 Å². The number of carboxylic acids is 1. The first-order valence-electron chi connectivity index (χ1n) is 9.89. The van der Waals surface area contributed by atoms with E-state index in [1.165, 1.54) is 12.8 Å². The number of hydrogen-bond acceptors (Lipinski definition) is 2. The quantitative estimate of drug-likeness (QED) is 0.877. The third kappa shape index (κ3) is 3.94. The molecule has 2 fully saturated rings. The van der Waals surface area contributed by atoms with Gasteiger partial charge >= 0.3 is 5.97 Å². The number of carbonyl (C=O) groups is 2. The molecule has 142 valence electrons. The van der Waals surface area contributed by atoms with Crippen LogP contribution in [-0.4, -0.2) is 35.0 Å². The van der Waals surface area contributed by atoms with Crippen molar-refractivity contribution in [3.05, 3.63) is 35.9 Å². The van der Waals surface area contributed by atoms with Gasteiger partial charge in [0.25, 0.3) is 0 Å². The summed E-state index contributed by atoms with van der Waals surface area (Å²) in [6.45, 7) is 5.70. The molecule has 1 aliphatic carbocycles. The lowest BCUT2D eigenvalue weighted by Crippen LogP contribution is -2.49. The Labute approximate surface area is 156 Å². The minimum atomic E-state index is -0.854. The lowest BCUT2D eigenvalue weighted by Gasteiger charge is -2.40. The summed E-state index contributed by atoms with van der Waals surface area (Å²) in [7, 11) is 0. The van der Waals surface area contributed by atoms with Crippen LogP contribution < -0.4 is 0 Å². The van der Waals surface area contributed by atoms with Gasteiger partial charge in [0.05, 0.1) is 5.41 Å². The van der Waals surface area contributed by atoms with Crippen molar-refractivity contribution < 1.29 is 14.7 Å². The van der Waals surface area contributed by atoms with E-state index in [-0.39, 0.29) is 5.91 Å². The number of rotatable bonds is 4. The van der Waals surface area contributed by atoms with E-state index < -0.39 is 11.4 Å². The Hall–Kier alpha value is -1.84. The van der Waals surface area contributed by atoms with Gasteiger partial charge in [0.2, 0.25) is 5.91 Å². The second kappa shape index (κ2) is 7.42. The van der Waals surface area contributed by atoms with Crippen LogP contribution in [0.1, 0.15) is 64.4 Å². The molecular formula is C22H31NO3. The van der Waals surface area contributed by atoms with Gasteiger partial charge in [-0.05, 0) is 55.4 Å². The van der Waals surface area contributed by atoms with Gasteiger partial charge in [-0.3, -0.25) is 9.59 Å². The first-order chi connectivity index (χ1) is 12.3. The zero-order valence-electron chi connectivity index (χ0n) is 16.0. The molecule has 0 bridgehead atoms. The highest BCUT2D eigenvalue weighted by atomic mass is 16.4. The molecule has 0 spiro atoms. The van der Waals surface area contributed by atoms with Crippen molar-refractivity contribution in [2.75, 3.05) is 13.1 Å². The average Bonchev–Trinajstić information content (AvgIpc) is 2.64. The zero-order valence-corrected chi connectivity index (χ0v) is 16.0. The fraction of sp³-hybridized carbons (Fsp3) is 0.636. The van der Waals surface area contributed by atoms with Gasteiger partial charge in [-0.1, -0.05) is 44.2 Å². The van der Waals surface area contributed by atoms with Gasteiger partial charge in [0.15, 0.2) is 0 Å². The van der Waals surface area contributed by atoms with Gasteiger partial charge < -0.3 is 10.0 Å². The number of benzene rings is 1. The average molecular weight is 357 g/mol. The molecule has 1 aromatic rings. The van der Waals surface area contributed by atoms with E-state index in [2.05, 4.69) is 13.8 Å². The normalized spacial score (nSPS) is 22.8. The SMILES string of the molecule is CC1(C)CCC(CC(=O)N2CCC(C(=O)O)(c3ccccc3)CC2)CC1. The molecule has 0 radical (unpaired) electrons. The van der Waals surface area contributed by atoms with Crippen molar-refractivity contribution in [1.29, 1.82) is 0 Å². The van der Waals surface area contributed by atoms with Gasteiger partial charge in [-0.15, -0.1) is 0 Å². The highest BCUT2D eigenvalue weighted by Crippen LogP contribution is 2.40. The molecule has 1 amide bonds. The molecule has 0 atom stereocenters. The van der Waals surface area contributed by atoms with E-state index in [1.54, 1.807) is 0 Å². The number of carboxylic acid groups (broad SMARTS) is 1. The lowest BCUT2D eigenvalue weighted by molar-refractivity contribution is -0.148. The van der Waals surface area contributed by atoms with E-state index in [9.17, 15) is 14.7 Å². The Morgan fingerprint density at radius 1 is 1.04 bits per heavy atom. The maximum Gasteiger partial charge on any atom is 0.314 e. The number of piperidine rings is 1. The molecule has 0 aromatic heterocycles. The fourth-order valence-electron chi connectivity index (χ4n) is 4.56. The number of carbonyl (C=O) groups excluding carboxylic acids is 1. The summed E-state index contributed by atoms with van der Waals surface area (Å²) in [5, 5.41) is 9.87. The summed E-state index contributed by atoms with van der Waals surface area (Å²) in [6, 6.07) is 9.48. The molecule has 26 heavy (non-hydrogen) atoms. The van der Waals surface area contributed by atoms with E-state index in [1.807, 2.05) is 35.2 Å². The van der Waals surface area contributed by atoms with Gasteiger partial charge in [0.1, 0.15) is 0 Å². The highest BCUT2D eigenvalue weighted by molar-refractivity contribution is 5.82. The predicted octanol–water partition coefficient (Wildman–Crippen LogP) is 4.24. The molecule has 1 N–H and O–H groups in total. The van der Waals surface area contributed by atoms with Crippen LogP contribution in [0, 0.1) is 11.3 Å². The van der Waals surface area contributed by atoms with Crippen LogP contribution >= 0.6 is 0 Å². The van der Waals surface area contributed by atoms with Crippen LogP contribution in [0.15, 0.2) is 30.3 Å². The van der Waals surface area contributed by atoms with Crippen molar-refractivity contribution in [3.8, 4) is 0 Å². The first-order valence-corrected chi connectivity index (χ1v) is 9.89. The van der Waals surface area contributed by atoms with Gasteiger partial charge in [0, 0.05) is 19.5 Å². The van der Waals surface area contributed by atoms with Crippen LogP contribution in [0.4, 0.5) is 0 Å². The minimum Gasteiger partial charge on any atom is -0.481 e. The van der Waals surface area contributed by atoms with Crippen molar-refractivity contribution in [3.63, 3.8) is 0 Å². The predicted molar refractivity (Wildman–Crippen MR) is 102 cm³/mol. The number of hydrogen-bond donors (Lipinski definition) is 1. The van der Waals surface area contributed by atoms with E-state index >= 15 is 0 Å². The van der Waals surface area contributed by atoms with Crippen LogP contribution in [0.3, 0.4) is 0 Å². The molecule has 3 rings (SSSR count). The summed E-state index contributed by atoms with van der Waals surface area (Å²) < 4.78 is 0. The van der Waals surface area contributed by atoms with Gasteiger partial charge in [-0.25, -0.2) is 0 Å². The van der Waals surface area contributed by atoms with Gasteiger partial charge in [-0.2, -0.15) is 0 Å². The first kappa shape index (κ1) is 18.9. The van der Waals surface area contributed by atoms with Crippen molar-refractivity contribution in [1.82, 2.24) is 4.90 Å². The molecular weight excluding hydrogens is 326 g/mol. The van der Waals surface area contributed by atoms with Crippen molar-refractivity contribution in [2.24, 2.45) is 11.3 Å². The summed E-state index contributed by atoms with van der Waals surface area (Å²) >= 11 is 0. The lowest BCUT2D eigenvalue weighted by atomic mass is 9.71. The fourth-order valence-corrected chi connectivity index (χ4v) is 4.56. The number of amides is 1. The molecule has 1 aromatic carbocycles. The maximum absolute atomic E-state index is 12.7. The maximum atomic E-state index is 12.7. The molecule has 1 aliphatic heterocycles. The Balaban J connectivity index is 1.59. The minimum absolute atomic E-state index is 0.210. The number of likely N-dealkylation sites (tertiary alicyclic amines) is 1. The Morgan fingerprint density at radius 2 is 1.62 bits per heavy atom. The van der Waals surface area contributed by atoms with E-state index in [4.69, 9.17) is 0 Å². The van der Waals surface area contributed by atoms with Crippen LogP contribution in [0.5, 0.6) is 0 Å². The topological polar surface area (TPSA) is 57.6 Å².